The van der Waals surface area contributed by atoms with E-state index < -0.39 is 37.0 Å². The molecule has 0 N–H and O–H groups in total. The number of ketones is 2. The zero-order valence-electron chi connectivity index (χ0n) is 11.3. The number of rotatable bonds is 6. The molecule has 1 aliphatic carbocycles. The second-order valence-corrected chi connectivity index (χ2v) is 4.22. The van der Waals surface area contributed by atoms with Gasteiger partial charge in [-0.05, 0) is 6.92 Å². The molecule has 2 unspecified atom stereocenters. The molecule has 7 heteroatoms. The highest BCUT2D eigenvalue weighted by Crippen LogP contribution is 2.29. The number of carbonyl (C=O) groups is 2. The first-order chi connectivity index (χ1) is 9.38. The molecule has 0 fully saturated rings. The van der Waals surface area contributed by atoms with Gasteiger partial charge >= 0.3 is 0 Å². The van der Waals surface area contributed by atoms with Gasteiger partial charge in [0.2, 0.25) is 23.1 Å². The Morgan fingerprint density at radius 1 is 1.00 bits per heavy atom. The number of methoxy groups -OCH3 is 2. The molecule has 4 nitrogen and oxygen atoms in total. The van der Waals surface area contributed by atoms with Crippen LogP contribution >= 0.6 is 0 Å². The summed E-state index contributed by atoms with van der Waals surface area (Å²) < 4.78 is 48.0. The number of Topliss-reactive ketones (excluding diaryl/α,β-unsaturated/α-hetero) is 2. The quantitative estimate of drug-likeness (QED) is 0.703. The van der Waals surface area contributed by atoms with Crippen molar-refractivity contribution in [1.29, 1.82) is 0 Å². The van der Waals surface area contributed by atoms with Crippen LogP contribution in [0.1, 0.15) is 13.3 Å². The van der Waals surface area contributed by atoms with E-state index in [4.69, 9.17) is 9.47 Å². The molecule has 20 heavy (non-hydrogen) atoms. The molecule has 0 heterocycles. The van der Waals surface area contributed by atoms with Crippen LogP contribution in [0.25, 0.3) is 0 Å². The van der Waals surface area contributed by atoms with Gasteiger partial charge in [-0.3, -0.25) is 9.59 Å². The largest absolute Gasteiger partial charge is 0.489 e. The van der Waals surface area contributed by atoms with Gasteiger partial charge in [-0.1, -0.05) is 0 Å². The van der Waals surface area contributed by atoms with Crippen molar-refractivity contribution in [2.45, 2.75) is 25.7 Å². The third kappa shape index (κ3) is 2.86. The van der Waals surface area contributed by atoms with Crippen molar-refractivity contribution in [2.24, 2.45) is 0 Å². The van der Waals surface area contributed by atoms with Crippen molar-refractivity contribution in [3.8, 4) is 0 Å². The molecule has 0 aromatic rings. The number of halogens is 3. The number of alkyl halides is 3. The predicted molar refractivity (Wildman–Crippen MR) is 64.1 cm³/mol. The minimum Gasteiger partial charge on any atom is -0.489 e. The highest BCUT2D eigenvalue weighted by molar-refractivity contribution is 6.23. The first kappa shape index (κ1) is 16.3. The fourth-order valence-corrected chi connectivity index (χ4v) is 1.86. The van der Waals surface area contributed by atoms with E-state index in [1.165, 1.54) is 14.0 Å². The summed E-state index contributed by atoms with van der Waals surface area (Å²) in [5.41, 5.74) is -0.280. The highest BCUT2D eigenvalue weighted by atomic mass is 19.2. The zero-order chi connectivity index (χ0) is 15.4. The summed E-state index contributed by atoms with van der Waals surface area (Å²) in [7, 11) is 2.35. The molecule has 0 aliphatic heterocycles. The molecule has 0 aromatic heterocycles. The van der Waals surface area contributed by atoms with Crippen LogP contribution in [0.5, 0.6) is 0 Å². The van der Waals surface area contributed by atoms with Gasteiger partial charge in [0, 0.05) is 17.6 Å². The standard InChI is InChI=1S/C13H15F3O4/c1-6-7(4-8(15)9(16)5-14)11(18)13(20-3)12(19-2)10(6)17/h8-9H,4-5H2,1-3H3. The maximum Gasteiger partial charge on any atom is 0.228 e. The normalized spacial score (nSPS) is 19.3. The fourth-order valence-electron chi connectivity index (χ4n) is 1.86. The topological polar surface area (TPSA) is 52.6 Å². The Balaban J connectivity index is 3.12. The summed E-state index contributed by atoms with van der Waals surface area (Å²) in [4.78, 5) is 24.0. The van der Waals surface area contributed by atoms with E-state index in [2.05, 4.69) is 0 Å². The minimum absolute atomic E-state index is 0.0543. The number of hydrogen-bond acceptors (Lipinski definition) is 4. The summed E-state index contributed by atoms with van der Waals surface area (Å²) >= 11 is 0. The molecule has 112 valence electrons. The average Bonchev–Trinajstić information content (AvgIpc) is 2.45. The van der Waals surface area contributed by atoms with E-state index in [1.54, 1.807) is 0 Å². The summed E-state index contributed by atoms with van der Waals surface area (Å²) in [6.45, 7) is -0.192. The van der Waals surface area contributed by atoms with E-state index in [-0.39, 0.29) is 22.7 Å². The molecule has 0 radical (unpaired) electrons. The Kier molecular flexibility index (Phi) is 5.35. The molecular weight excluding hydrogens is 277 g/mol. The van der Waals surface area contributed by atoms with Gasteiger partial charge in [0.15, 0.2) is 6.17 Å². The zero-order valence-corrected chi connectivity index (χ0v) is 11.3. The molecule has 0 amide bonds. The van der Waals surface area contributed by atoms with Crippen LogP contribution in [0.2, 0.25) is 0 Å². The number of ether oxygens (including phenoxy) is 2. The minimum atomic E-state index is -2.34. The molecule has 0 bridgehead atoms. The molecule has 1 rings (SSSR count). The Morgan fingerprint density at radius 2 is 1.50 bits per heavy atom. The highest BCUT2D eigenvalue weighted by Gasteiger charge is 2.36. The summed E-state index contributed by atoms with van der Waals surface area (Å²) in [6.07, 6.45) is -5.23. The first-order valence-electron chi connectivity index (χ1n) is 5.84. The predicted octanol–water partition coefficient (Wildman–Crippen LogP) is 1.99. The van der Waals surface area contributed by atoms with Crippen LogP contribution in [0.4, 0.5) is 13.2 Å². The van der Waals surface area contributed by atoms with Crippen molar-refractivity contribution in [1.82, 2.24) is 0 Å². The molecule has 0 aromatic carbocycles. The van der Waals surface area contributed by atoms with Gasteiger partial charge in [0.05, 0.1) is 14.2 Å². The summed E-state index contributed by atoms with van der Waals surface area (Å²) in [6, 6.07) is 0. The van der Waals surface area contributed by atoms with Crippen molar-refractivity contribution >= 4 is 11.6 Å². The lowest BCUT2D eigenvalue weighted by Crippen LogP contribution is -2.29. The Hall–Kier alpha value is -1.79. The Labute approximate surface area is 114 Å². The third-order valence-corrected chi connectivity index (χ3v) is 3.03. The van der Waals surface area contributed by atoms with E-state index >= 15 is 0 Å². The van der Waals surface area contributed by atoms with Gasteiger partial charge < -0.3 is 9.47 Å². The van der Waals surface area contributed by atoms with Crippen LogP contribution in [-0.4, -0.2) is 44.8 Å². The van der Waals surface area contributed by atoms with Crippen LogP contribution in [-0.2, 0) is 19.1 Å². The van der Waals surface area contributed by atoms with Crippen LogP contribution in [0, 0.1) is 0 Å². The monoisotopic (exact) mass is 292 g/mol. The van der Waals surface area contributed by atoms with Crippen molar-refractivity contribution < 1.29 is 32.2 Å². The molecule has 0 spiro atoms. The fraction of sp³-hybridized carbons (Fsp3) is 0.538. The summed E-state index contributed by atoms with van der Waals surface area (Å²) in [5.74, 6) is -2.03. The van der Waals surface area contributed by atoms with E-state index in [0.29, 0.717) is 0 Å². The second kappa shape index (κ2) is 6.58. The SMILES string of the molecule is COC1=C(OC)C(=O)C(CC(F)C(F)CF)=C(C)C1=O. The lowest BCUT2D eigenvalue weighted by Gasteiger charge is -2.21. The second-order valence-electron chi connectivity index (χ2n) is 4.22. The third-order valence-electron chi connectivity index (χ3n) is 3.03. The van der Waals surface area contributed by atoms with Crippen LogP contribution < -0.4 is 0 Å². The van der Waals surface area contributed by atoms with Gasteiger partial charge in [-0.15, -0.1) is 0 Å². The maximum absolute atomic E-state index is 13.5. The first-order valence-corrected chi connectivity index (χ1v) is 5.84. The lowest BCUT2D eigenvalue weighted by atomic mass is 9.89. The van der Waals surface area contributed by atoms with Gasteiger partial charge in [-0.2, -0.15) is 0 Å². The molecular formula is C13H15F3O4. The van der Waals surface area contributed by atoms with Crippen molar-refractivity contribution in [2.75, 3.05) is 20.9 Å². The van der Waals surface area contributed by atoms with E-state index in [9.17, 15) is 22.8 Å². The Morgan fingerprint density at radius 3 is 1.95 bits per heavy atom. The maximum atomic E-state index is 13.5. The van der Waals surface area contributed by atoms with Crippen LogP contribution in [0.3, 0.4) is 0 Å². The molecule has 2 atom stereocenters. The number of hydrogen-bond donors (Lipinski definition) is 0. The molecule has 1 aliphatic rings. The van der Waals surface area contributed by atoms with Gasteiger partial charge in [-0.25, -0.2) is 13.2 Å². The van der Waals surface area contributed by atoms with Gasteiger partial charge in [0.25, 0.3) is 0 Å². The average molecular weight is 292 g/mol. The van der Waals surface area contributed by atoms with E-state index in [1.807, 2.05) is 0 Å². The smallest absolute Gasteiger partial charge is 0.228 e. The van der Waals surface area contributed by atoms with Gasteiger partial charge in [0.1, 0.15) is 12.8 Å². The Bertz CT molecular complexity index is 482. The number of carbonyl (C=O) groups excluding carboxylic acids is 2. The van der Waals surface area contributed by atoms with Crippen LogP contribution in [0.15, 0.2) is 22.7 Å². The molecule has 0 saturated carbocycles. The summed E-state index contributed by atoms with van der Waals surface area (Å²) in [5, 5.41) is 0. The van der Waals surface area contributed by atoms with Crippen molar-refractivity contribution in [3.05, 3.63) is 22.7 Å². The van der Waals surface area contributed by atoms with Crippen molar-refractivity contribution in [3.63, 3.8) is 0 Å². The molecule has 0 saturated heterocycles. The lowest BCUT2D eigenvalue weighted by molar-refractivity contribution is -0.121. The van der Waals surface area contributed by atoms with E-state index in [0.717, 1.165) is 7.11 Å². The number of allylic oxidation sites excluding steroid dienone is 2.